The standard InChI is InChI=1S/C25H25NO4S/c1-18-10-13-21(14-11-18)31(29,30)16-6-9-24(27)26-23-15-12-19(2)17-22(23)25(28)20-7-4-3-5-8-20/h3-5,7-8,10-15,17H,6,9,16H2,1-2H3,(H,26,27). The van der Waals surface area contributed by atoms with Crippen molar-refractivity contribution >= 4 is 27.2 Å². The fraction of sp³-hybridized carbons (Fsp3) is 0.200. The lowest BCUT2D eigenvalue weighted by molar-refractivity contribution is -0.116. The molecule has 0 heterocycles. The molecule has 0 aromatic heterocycles. The number of carbonyl (C=O) groups excluding carboxylic acids is 2. The number of anilines is 1. The highest BCUT2D eigenvalue weighted by atomic mass is 32.2. The first-order valence-electron chi connectivity index (χ1n) is 10.1. The van der Waals surface area contributed by atoms with Crippen molar-refractivity contribution in [2.24, 2.45) is 0 Å². The summed E-state index contributed by atoms with van der Waals surface area (Å²) in [6.07, 6.45) is 0.230. The molecule has 0 saturated heterocycles. The number of hydrogen-bond acceptors (Lipinski definition) is 4. The van der Waals surface area contributed by atoms with Gasteiger partial charge in [0.15, 0.2) is 15.6 Å². The molecule has 0 bridgehead atoms. The number of hydrogen-bond donors (Lipinski definition) is 1. The first-order chi connectivity index (χ1) is 14.8. The van der Waals surface area contributed by atoms with E-state index in [0.29, 0.717) is 16.8 Å². The molecule has 3 aromatic rings. The number of amides is 1. The lowest BCUT2D eigenvalue weighted by atomic mass is 9.99. The molecule has 0 aliphatic rings. The maximum atomic E-state index is 12.9. The number of aryl methyl sites for hydroxylation is 2. The molecule has 3 aromatic carbocycles. The van der Waals surface area contributed by atoms with Crippen molar-refractivity contribution in [1.29, 1.82) is 0 Å². The highest BCUT2D eigenvalue weighted by Gasteiger charge is 2.17. The smallest absolute Gasteiger partial charge is 0.224 e. The van der Waals surface area contributed by atoms with Crippen molar-refractivity contribution in [3.05, 3.63) is 95.1 Å². The normalized spacial score (nSPS) is 11.2. The molecule has 0 unspecified atom stereocenters. The zero-order valence-corrected chi connectivity index (χ0v) is 18.4. The average molecular weight is 436 g/mol. The molecule has 0 aliphatic carbocycles. The van der Waals surface area contributed by atoms with Gasteiger partial charge in [-0.25, -0.2) is 8.42 Å². The minimum Gasteiger partial charge on any atom is -0.325 e. The lowest BCUT2D eigenvalue weighted by Crippen LogP contribution is -2.16. The molecule has 0 aliphatic heterocycles. The van der Waals surface area contributed by atoms with Crippen LogP contribution in [0.3, 0.4) is 0 Å². The molecule has 5 nitrogen and oxygen atoms in total. The molecule has 0 radical (unpaired) electrons. The second-order valence-corrected chi connectivity index (χ2v) is 9.64. The van der Waals surface area contributed by atoms with E-state index in [1.807, 2.05) is 26.0 Å². The van der Waals surface area contributed by atoms with Gasteiger partial charge in [0.2, 0.25) is 5.91 Å². The minimum absolute atomic E-state index is 0.0396. The number of nitrogens with one attached hydrogen (secondary N) is 1. The van der Waals surface area contributed by atoms with Crippen molar-refractivity contribution in [3.63, 3.8) is 0 Å². The van der Waals surface area contributed by atoms with Gasteiger partial charge >= 0.3 is 0 Å². The predicted molar refractivity (Wildman–Crippen MR) is 122 cm³/mol. The summed E-state index contributed by atoms with van der Waals surface area (Å²) in [7, 11) is -3.44. The van der Waals surface area contributed by atoms with Gasteiger partial charge in [-0.3, -0.25) is 9.59 Å². The summed E-state index contributed by atoms with van der Waals surface area (Å²) >= 11 is 0. The molecule has 31 heavy (non-hydrogen) atoms. The van der Waals surface area contributed by atoms with Crippen molar-refractivity contribution in [2.75, 3.05) is 11.1 Å². The summed E-state index contributed by atoms with van der Waals surface area (Å²) in [5, 5.41) is 2.77. The van der Waals surface area contributed by atoms with Gasteiger partial charge in [-0.15, -0.1) is 0 Å². The summed E-state index contributed by atoms with van der Waals surface area (Å²) < 4.78 is 24.9. The van der Waals surface area contributed by atoms with E-state index in [9.17, 15) is 18.0 Å². The fourth-order valence-corrected chi connectivity index (χ4v) is 4.51. The highest BCUT2D eigenvalue weighted by molar-refractivity contribution is 7.91. The SMILES string of the molecule is Cc1ccc(S(=O)(=O)CCCC(=O)Nc2ccc(C)cc2C(=O)c2ccccc2)cc1. The largest absolute Gasteiger partial charge is 0.325 e. The Labute approximate surface area is 183 Å². The Morgan fingerprint density at radius 1 is 0.839 bits per heavy atom. The minimum atomic E-state index is -3.44. The van der Waals surface area contributed by atoms with Crippen LogP contribution in [0.4, 0.5) is 5.69 Å². The molecule has 6 heteroatoms. The van der Waals surface area contributed by atoms with E-state index >= 15 is 0 Å². The Kier molecular flexibility index (Phi) is 7.02. The van der Waals surface area contributed by atoms with Gasteiger partial charge in [-0.05, 0) is 44.5 Å². The van der Waals surface area contributed by atoms with Crippen LogP contribution in [0.5, 0.6) is 0 Å². The van der Waals surface area contributed by atoms with Crippen LogP contribution in [-0.2, 0) is 14.6 Å². The van der Waals surface area contributed by atoms with E-state index < -0.39 is 9.84 Å². The van der Waals surface area contributed by atoms with Gasteiger partial charge in [-0.1, -0.05) is 59.7 Å². The first kappa shape index (κ1) is 22.4. The predicted octanol–water partition coefficient (Wildman–Crippen LogP) is 4.73. The molecule has 1 amide bonds. The molecular weight excluding hydrogens is 410 g/mol. The summed E-state index contributed by atoms with van der Waals surface area (Å²) in [5.41, 5.74) is 3.25. The zero-order valence-electron chi connectivity index (χ0n) is 17.6. The molecule has 160 valence electrons. The zero-order chi connectivity index (χ0) is 22.4. The summed E-state index contributed by atoms with van der Waals surface area (Å²) in [5.74, 6) is -0.626. The van der Waals surface area contributed by atoms with Gasteiger partial charge in [0.05, 0.1) is 16.3 Å². The Morgan fingerprint density at radius 2 is 1.48 bits per heavy atom. The van der Waals surface area contributed by atoms with Crippen LogP contribution < -0.4 is 5.32 Å². The maximum absolute atomic E-state index is 12.9. The first-order valence-corrected chi connectivity index (χ1v) is 11.7. The summed E-state index contributed by atoms with van der Waals surface area (Å²) in [6, 6.07) is 20.8. The molecule has 0 fully saturated rings. The van der Waals surface area contributed by atoms with E-state index in [1.54, 1.807) is 60.7 Å². The van der Waals surface area contributed by atoms with Gasteiger partial charge in [0.1, 0.15) is 0 Å². The monoisotopic (exact) mass is 435 g/mol. The van der Waals surface area contributed by atoms with Gasteiger partial charge in [0.25, 0.3) is 0 Å². The van der Waals surface area contributed by atoms with E-state index in [0.717, 1.165) is 11.1 Å². The van der Waals surface area contributed by atoms with Crippen LogP contribution in [0.15, 0.2) is 77.7 Å². The van der Waals surface area contributed by atoms with E-state index in [-0.39, 0.29) is 35.2 Å². The Hall–Kier alpha value is -3.25. The molecular formula is C25H25NO4S. The molecule has 3 rings (SSSR count). The van der Waals surface area contributed by atoms with Crippen LogP contribution in [0, 0.1) is 13.8 Å². The highest BCUT2D eigenvalue weighted by Crippen LogP contribution is 2.22. The van der Waals surface area contributed by atoms with Crippen molar-refractivity contribution in [2.45, 2.75) is 31.6 Å². The Balaban J connectivity index is 1.66. The number of ketones is 1. The van der Waals surface area contributed by atoms with Crippen LogP contribution in [-0.4, -0.2) is 25.9 Å². The van der Waals surface area contributed by atoms with Crippen molar-refractivity contribution in [1.82, 2.24) is 0 Å². The molecule has 1 N–H and O–H groups in total. The number of benzene rings is 3. The van der Waals surface area contributed by atoms with Crippen LogP contribution >= 0.6 is 0 Å². The Morgan fingerprint density at radius 3 is 2.16 bits per heavy atom. The lowest BCUT2D eigenvalue weighted by Gasteiger charge is -2.12. The second-order valence-electron chi connectivity index (χ2n) is 7.53. The quantitative estimate of drug-likeness (QED) is 0.519. The summed E-state index contributed by atoms with van der Waals surface area (Å²) in [4.78, 5) is 25.6. The van der Waals surface area contributed by atoms with Gasteiger partial charge in [-0.2, -0.15) is 0 Å². The average Bonchev–Trinajstić information content (AvgIpc) is 2.75. The third-order valence-electron chi connectivity index (χ3n) is 4.93. The maximum Gasteiger partial charge on any atom is 0.224 e. The Bertz CT molecular complexity index is 1180. The molecule has 0 atom stereocenters. The second kappa shape index (κ2) is 9.71. The van der Waals surface area contributed by atoms with E-state index in [2.05, 4.69) is 5.32 Å². The summed E-state index contributed by atoms with van der Waals surface area (Å²) in [6.45, 7) is 3.77. The van der Waals surface area contributed by atoms with Crippen LogP contribution in [0.1, 0.15) is 39.9 Å². The number of sulfone groups is 1. The van der Waals surface area contributed by atoms with Gasteiger partial charge < -0.3 is 5.32 Å². The topological polar surface area (TPSA) is 80.3 Å². The third-order valence-corrected chi connectivity index (χ3v) is 6.74. The molecule has 0 saturated carbocycles. The van der Waals surface area contributed by atoms with E-state index in [4.69, 9.17) is 0 Å². The number of carbonyl (C=O) groups is 2. The van der Waals surface area contributed by atoms with Gasteiger partial charge in [0, 0.05) is 17.5 Å². The van der Waals surface area contributed by atoms with E-state index in [1.165, 1.54) is 0 Å². The van der Waals surface area contributed by atoms with Crippen molar-refractivity contribution < 1.29 is 18.0 Å². The van der Waals surface area contributed by atoms with Crippen molar-refractivity contribution in [3.8, 4) is 0 Å². The fourth-order valence-electron chi connectivity index (χ4n) is 3.20. The molecule has 0 spiro atoms. The van der Waals surface area contributed by atoms with Crippen LogP contribution in [0.25, 0.3) is 0 Å². The third kappa shape index (κ3) is 5.89. The number of rotatable bonds is 8. The van der Waals surface area contributed by atoms with Crippen LogP contribution in [0.2, 0.25) is 0 Å².